The van der Waals surface area contributed by atoms with Crippen molar-refractivity contribution in [1.82, 2.24) is 4.31 Å². The molecule has 0 fully saturated rings. The number of benzene rings is 1. The van der Waals surface area contributed by atoms with Gasteiger partial charge in [0.1, 0.15) is 6.54 Å². The summed E-state index contributed by atoms with van der Waals surface area (Å²) in [6.07, 6.45) is -4.61. The Kier molecular flexibility index (Phi) is 5.17. The summed E-state index contributed by atoms with van der Waals surface area (Å²) in [5, 5.41) is 8.87. The van der Waals surface area contributed by atoms with Crippen LogP contribution in [0.5, 0.6) is 0 Å². The van der Waals surface area contributed by atoms with E-state index in [2.05, 4.69) is 0 Å². The molecule has 0 saturated carbocycles. The van der Waals surface area contributed by atoms with E-state index < -0.39 is 28.8 Å². The summed E-state index contributed by atoms with van der Waals surface area (Å²) < 4.78 is 62.3. The van der Waals surface area contributed by atoms with Crippen LogP contribution in [0.15, 0.2) is 29.2 Å². The number of hydrogen-bond donors (Lipinski definition) is 1. The van der Waals surface area contributed by atoms with E-state index in [1.807, 2.05) is 0 Å². The highest BCUT2D eigenvalue weighted by atomic mass is 32.2. The Morgan fingerprint density at radius 3 is 2.05 bits per heavy atom. The molecule has 0 aliphatic carbocycles. The fraction of sp³-hybridized carbons (Fsp3) is 0.500. The molecule has 0 aliphatic rings. The molecule has 0 amide bonds. The fourth-order valence-electron chi connectivity index (χ4n) is 1.62. The molecule has 0 aliphatic heterocycles. The van der Waals surface area contributed by atoms with Gasteiger partial charge >= 0.3 is 6.18 Å². The molecule has 0 bridgehead atoms. The number of halogens is 3. The summed E-state index contributed by atoms with van der Waals surface area (Å²) in [6, 6.07) is 4.27. The summed E-state index contributed by atoms with van der Waals surface area (Å²) in [5.74, 6) is 0. The minimum Gasteiger partial charge on any atom is -0.392 e. The number of rotatable bonds is 5. The van der Waals surface area contributed by atoms with Gasteiger partial charge in [0.15, 0.2) is 0 Å². The number of alkyl halides is 3. The number of aliphatic hydroxyl groups is 1. The molecule has 0 atom stereocenters. The number of nitrogens with zero attached hydrogens (tertiary/aromatic N) is 1. The Bertz CT molecular complexity index is 538. The zero-order valence-electron chi connectivity index (χ0n) is 11.1. The highest BCUT2D eigenvalue weighted by molar-refractivity contribution is 7.89. The van der Waals surface area contributed by atoms with Crippen LogP contribution in [0.1, 0.15) is 19.4 Å². The number of sulfonamides is 1. The maximum Gasteiger partial charge on any atom is 0.402 e. The van der Waals surface area contributed by atoms with Gasteiger partial charge in [-0.15, -0.1) is 0 Å². The Morgan fingerprint density at radius 2 is 1.70 bits per heavy atom. The second-order valence-electron chi connectivity index (χ2n) is 4.56. The zero-order chi connectivity index (χ0) is 15.6. The van der Waals surface area contributed by atoms with Crippen molar-refractivity contribution >= 4 is 10.0 Å². The normalized spacial score (nSPS) is 13.2. The van der Waals surface area contributed by atoms with Gasteiger partial charge < -0.3 is 5.11 Å². The van der Waals surface area contributed by atoms with Crippen LogP contribution in [-0.2, 0) is 16.6 Å². The molecule has 1 rings (SSSR count). The van der Waals surface area contributed by atoms with Crippen molar-refractivity contribution in [3.05, 3.63) is 29.8 Å². The fourth-order valence-corrected chi connectivity index (χ4v) is 3.25. The highest BCUT2D eigenvalue weighted by Gasteiger charge is 2.38. The van der Waals surface area contributed by atoms with E-state index in [4.69, 9.17) is 5.11 Å². The molecule has 1 aromatic carbocycles. The van der Waals surface area contributed by atoms with Crippen LogP contribution >= 0.6 is 0 Å². The summed E-state index contributed by atoms with van der Waals surface area (Å²) in [4.78, 5) is -0.229. The Hall–Kier alpha value is -1.12. The van der Waals surface area contributed by atoms with Crippen molar-refractivity contribution in [2.24, 2.45) is 0 Å². The monoisotopic (exact) mass is 311 g/mol. The van der Waals surface area contributed by atoms with Crippen molar-refractivity contribution in [2.45, 2.75) is 37.6 Å². The van der Waals surface area contributed by atoms with Crippen molar-refractivity contribution in [1.29, 1.82) is 0 Å². The lowest BCUT2D eigenvalue weighted by Gasteiger charge is -2.26. The maximum absolute atomic E-state index is 12.5. The van der Waals surface area contributed by atoms with E-state index >= 15 is 0 Å². The third-order valence-corrected chi connectivity index (χ3v) is 4.66. The summed E-state index contributed by atoms with van der Waals surface area (Å²) in [5.41, 5.74) is 0.482. The highest BCUT2D eigenvalue weighted by Crippen LogP contribution is 2.24. The second kappa shape index (κ2) is 6.11. The lowest BCUT2D eigenvalue weighted by atomic mass is 10.2. The lowest BCUT2D eigenvalue weighted by molar-refractivity contribution is -0.138. The van der Waals surface area contributed by atoms with Crippen molar-refractivity contribution in [2.75, 3.05) is 6.54 Å². The molecule has 114 valence electrons. The number of hydrogen-bond acceptors (Lipinski definition) is 3. The average molecular weight is 311 g/mol. The van der Waals surface area contributed by atoms with E-state index in [0.717, 1.165) is 0 Å². The molecule has 0 heterocycles. The first kappa shape index (κ1) is 16.9. The molecule has 20 heavy (non-hydrogen) atoms. The van der Waals surface area contributed by atoms with Gasteiger partial charge in [-0.05, 0) is 31.5 Å². The zero-order valence-corrected chi connectivity index (χ0v) is 11.9. The third kappa shape index (κ3) is 4.19. The predicted octanol–water partition coefficient (Wildman–Crippen LogP) is 2.14. The van der Waals surface area contributed by atoms with Gasteiger partial charge in [-0.2, -0.15) is 17.5 Å². The van der Waals surface area contributed by atoms with E-state index in [1.54, 1.807) is 0 Å². The summed E-state index contributed by atoms with van der Waals surface area (Å²) in [7, 11) is -4.23. The van der Waals surface area contributed by atoms with Crippen LogP contribution in [0.4, 0.5) is 13.2 Å². The van der Waals surface area contributed by atoms with Crippen molar-refractivity contribution in [3.63, 3.8) is 0 Å². The topological polar surface area (TPSA) is 57.6 Å². The Balaban J connectivity index is 3.15. The summed E-state index contributed by atoms with van der Waals surface area (Å²) >= 11 is 0. The molecule has 0 aromatic heterocycles. The second-order valence-corrected chi connectivity index (χ2v) is 6.45. The molecular weight excluding hydrogens is 295 g/mol. The van der Waals surface area contributed by atoms with Gasteiger partial charge in [0, 0.05) is 6.04 Å². The molecule has 1 N–H and O–H groups in total. The van der Waals surface area contributed by atoms with Crippen molar-refractivity contribution in [3.8, 4) is 0 Å². The molecule has 0 spiro atoms. The van der Waals surface area contributed by atoms with Gasteiger partial charge in [0.05, 0.1) is 11.5 Å². The van der Waals surface area contributed by atoms with Gasteiger partial charge in [-0.1, -0.05) is 12.1 Å². The first-order valence-corrected chi connectivity index (χ1v) is 7.30. The third-order valence-electron chi connectivity index (χ3n) is 2.62. The molecule has 8 heteroatoms. The Labute approximate surface area is 115 Å². The maximum atomic E-state index is 12.5. The van der Waals surface area contributed by atoms with Gasteiger partial charge in [-0.25, -0.2) is 8.42 Å². The van der Waals surface area contributed by atoms with E-state index in [1.165, 1.54) is 38.1 Å². The van der Waals surface area contributed by atoms with Gasteiger partial charge in [0.2, 0.25) is 10.0 Å². The lowest BCUT2D eigenvalue weighted by Crippen LogP contribution is -2.43. The van der Waals surface area contributed by atoms with Gasteiger partial charge in [-0.3, -0.25) is 0 Å². The van der Waals surface area contributed by atoms with Crippen LogP contribution in [0.25, 0.3) is 0 Å². The quantitative estimate of drug-likeness (QED) is 0.906. The first-order chi connectivity index (χ1) is 9.08. The average Bonchev–Trinajstić information content (AvgIpc) is 2.34. The molecular formula is C12H16F3NO3S. The van der Waals surface area contributed by atoms with Crippen molar-refractivity contribution < 1.29 is 26.7 Å². The molecule has 0 unspecified atom stereocenters. The SMILES string of the molecule is CC(C)N(CC(F)(F)F)S(=O)(=O)c1ccc(CO)cc1. The molecule has 0 radical (unpaired) electrons. The van der Waals surface area contributed by atoms with E-state index in [9.17, 15) is 21.6 Å². The first-order valence-electron chi connectivity index (χ1n) is 5.86. The van der Waals surface area contributed by atoms with Crippen LogP contribution in [0, 0.1) is 0 Å². The van der Waals surface area contributed by atoms with Crippen LogP contribution in [0.3, 0.4) is 0 Å². The van der Waals surface area contributed by atoms with Crippen LogP contribution in [-0.4, -0.2) is 36.6 Å². The summed E-state index contributed by atoms with van der Waals surface area (Å²) in [6.45, 7) is 0.961. The predicted molar refractivity (Wildman–Crippen MR) is 67.4 cm³/mol. The Morgan fingerprint density at radius 1 is 1.20 bits per heavy atom. The van der Waals surface area contributed by atoms with E-state index in [0.29, 0.717) is 9.87 Å². The minimum atomic E-state index is -4.61. The van der Waals surface area contributed by atoms with Crippen LogP contribution < -0.4 is 0 Å². The smallest absolute Gasteiger partial charge is 0.392 e. The largest absolute Gasteiger partial charge is 0.402 e. The standard InChI is InChI=1S/C12H16F3NO3S/c1-9(2)16(8-12(13,14)15)20(18,19)11-5-3-10(7-17)4-6-11/h3-6,9,17H,7-8H2,1-2H3. The molecule has 4 nitrogen and oxygen atoms in total. The minimum absolute atomic E-state index is 0.229. The van der Waals surface area contributed by atoms with E-state index in [-0.39, 0.29) is 11.5 Å². The van der Waals surface area contributed by atoms with Gasteiger partial charge in [0.25, 0.3) is 0 Å². The molecule has 0 saturated heterocycles. The number of aliphatic hydroxyl groups excluding tert-OH is 1. The molecule has 1 aromatic rings. The van der Waals surface area contributed by atoms with Crippen LogP contribution in [0.2, 0.25) is 0 Å².